The van der Waals surface area contributed by atoms with Gasteiger partial charge in [0, 0.05) is 19.6 Å². The molecule has 0 bridgehead atoms. The van der Waals surface area contributed by atoms with E-state index in [1.807, 2.05) is 34.7 Å². The Morgan fingerprint density at radius 3 is 1.86 bits per heavy atom. The molecule has 6 nitrogen and oxygen atoms in total. The molecule has 0 unspecified atom stereocenters. The summed E-state index contributed by atoms with van der Waals surface area (Å²) >= 11 is 1.90. The third-order valence-electron chi connectivity index (χ3n) is 2.53. The molecule has 1 aromatic carbocycles. The van der Waals surface area contributed by atoms with Crippen molar-refractivity contribution in [1.29, 1.82) is 0 Å². The van der Waals surface area contributed by atoms with Crippen LogP contribution < -0.4 is 5.32 Å². The molecule has 0 atom stereocenters. The molecule has 0 aliphatic heterocycles. The fourth-order valence-electron chi connectivity index (χ4n) is 1.53. The number of amides is 1. The minimum absolute atomic E-state index is 0.00639. The first-order valence-electron chi connectivity index (χ1n) is 6.72. The maximum absolute atomic E-state index is 11.1. The zero-order valence-electron chi connectivity index (χ0n) is 12.0. The molecular formula is C14H23GeN2O4. The van der Waals surface area contributed by atoms with Crippen molar-refractivity contribution < 1.29 is 20.1 Å². The second-order valence-electron chi connectivity index (χ2n) is 4.06. The minimum Gasteiger partial charge on any atom is -0.395 e. The zero-order valence-corrected chi connectivity index (χ0v) is 14.1. The predicted octanol–water partition coefficient (Wildman–Crippen LogP) is -1.19. The molecule has 0 aliphatic carbocycles. The summed E-state index contributed by atoms with van der Waals surface area (Å²) in [5.74, 6) is -0.00639. The van der Waals surface area contributed by atoms with Crippen LogP contribution in [0.5, 0.6) is 0 Å². The summed E-state index contributed by atoms with van der Waals surface area (Å²) in [6.07, 6.45) is 0. The van der Waals surface area contributed by atoms with Crippen LogP contribution in [0.15, 0.2) is 30.3 Å². The van der Waals surface area contributed by atoms with Gasteiger partial charge in [-0.05, 0) is 0 Å². The number of nitrogens with zero attached hydrogens (tertiary/aromatic N) is 1. The smallest absolute Gasteiger partial charge is 0.0558 e. The van der Waals surface area contributed by atoms with Crippen molar-refractivity contribution in [2.24, 2.45) is 0 Å². The Morgan fingerprint density at radius 2 is 1.48 bits per heavy atom. The summed E-state index contributed by atoms with van der Waals surface area (Å²) in [5.41, 5.74) is 0.717. The largest absolute Gasteiger partial charge is 0.395 e. The van der Waals surface area contributed by atoms with E-state index in [1.54, 1.807) is 17.0 Å². The summed E-state index contributed by atoms with van der Waals surface area (Å²) in [5, 5.41) is 28.9. The Balaban J connectivity index is 0.000000384. The molecule has 0 spiro atoms. The van der Waals surface area contributed by atoms with Gasteiger partial charge in [-0.2, -0.15) is 0 Å². The van der Waals surface area contributed by atoms with E-state index in [2.05, 4.69) is 5.32 Å². The Kier molecular flexibility index (Phi) is 13.4. The normalized spacial score (nSPS) is 9.95. The van der Waals surface area contributed by atoms with E-state index < -0.39 is 0 Å². The van der Waals surface area contributed by atoms with Gasteiger partial charge < -0.3 is 15.3 Å². The SMILES string of the molecule is O=C(N[CH2][Ge])c1ccccc1.OCCN(CCO)CCO. The molecule has 1 rings (SSSR count). The van der Waals surface area contributed by atoms with E-state index in [0.717, 1.165) is 0 Å². The summed E-state index contributed by atoms with van der Waals surface area (Å²) in [6, 6.07) is 9.19. The summed E-state index contributed by atoms with van der Waals surface area (Å²) in [4.78, 5) is 12.9. The van der Waals surface area contributed by atoms with Gasteiger partial charge in [-0.15, -0.1) is 0 Å². The third-order valence-corrected chi connectivity index (χ3v) is 2.90. The number of rotatable bonds is 8. The average molecular weight is 356 g/mol. The number of hydrogen-bond donors (Lipinski definition) is 4. The number of carbonyl (C=O) groups is 1. The van der Waals surface area contributed by atoms with E-state index >= 15 is 0 Å². The van der Waals surface area contributed by atoms with Crippen molar-refractivity contribution in [2.45, 2.75) is 0 Å². The predicted molar refractivity (Wildman–Crippen MR) is 82.2 cm³/mol. The van der Waals surface area contributed by atoms with Gasteiger partial charge >= 0.3 is 73.8 Å². The van der Waals surface area contributed by atoms with Crippen molar-refractivity contribution in [3.05, 3.63) is 35.9 Å². The van der Waals surface area contributed by atoms with Crippen LogP contribution in [-0.2, 0) is 0 Å². The van der Waals surface area contributed by atoms with Crippen LogP contribution in [0.25, 0.3) is 0 Å². The van der Waals surface area contributed by atoms with Crippen LogP contribution in [-0.4, -0.2) is 87.5 Å². The molecule has 21 heavy (non-hydrogen) atoms. The standard InChI is InChI=1S/C8H8GeNO.C6H15NO3/c9-6-10-8(11)7-4-2-1-3-5-7;8-4-1-7(2-5-9)3-6-10/h1-5H,6H2,(H,10,11);8-10H,1-6H2. The van der Waals surface area contributed by atoms with E-state index in [9.17, 15) is 4.79 Å². The molecule has 0 aromatic heterocycles. The molecule has 3 radical (unpaired) electrons. The topological polar surface area (TPSA) is 93.0 Å². The molecule has 0 saturated carbocycles. The van der Waals surface area contributed by atoms with Gasteiger partial charge in [0.05, 0.1) is 19.8 Å². The third kappa shape index (κ3) is 10.4. The van der Waals surface area contributed by atoms with Gasteiger partial charge in [-0.25, -0.2) is 0 Å². The van der Waals surface area contributed by atoms with Crippen LogP contribution in [0.3, 0.4) is 0 Å². The number of aliphatic hydroxyl groups is 3. The van der Waals surface area contributed by atoms with E-state index in [4.69, 9.17) is 15.3 Å². The molecule has 4 N–H and O–H groups in total. The molecular weight excluding hydrogens is 333 g/mol. The number of benzene rings is 1. The first-order chi connectivity index (χ1) is 10.2. The van der Waals surface area contributed by atoms with Gasteiger partial charge in [0.1, 0.15) is 0 Å². The Morgan fingerprint density at radius 1 is 1.00 bits per heavy atom. The van der Waals surface area contributed by atoms with Crippen LogP contribution in [0, 0.1) is 0 Å². The number of nitrogens with one attached hydrogen (secondary N) is 1. The second kappa shape index (κ2) is 14.0. The van der Waals surface area contributed by atoms with Crippen molar-refractivity contribution in [1.82, 2.24) is 10.2 Å². The number of carbonyl (C=O) groups excluding carboxylic acids is 1. The molecule has 0 aliphatic rings. The maximum atomic E-state index is 11.1. The first kappa shape index (κ1) is 20.1. The van der Waals surface area contributed by atoms with Gasteiger partial charge in [0.15, 0.2) is 0 Å². The molecule has 1 amide bonds. The zero-order chi connectivity index (χ0) is 15.9. The monoisotopic (exact) mass is 357 g/mol. The van der Waals surface area contributed by atoms with Crippen molar-refractivity contribution >= 4 is 22.4 Å². The van der Waals surface area contributed by atoms with Gasteiger partial charge in [-0.1, -0.05) is 0 Å². The quantitative estimate of drug-likeness (QED) is 0.440. The second-order valence-corrected chi connectivity index (χ2v) is 4.80. The summed E-state index contributed by atoms with van der Waals surface area (Å²) < 4.78 is 0. The first-order valence-corrected chi connectivity index (χ1v) is 8.20. The molecule has 1 aromatic rings. The molecule has 0 fully saturated rings. The fourth-order valence-corrected chi connectivity index (χ4v) is 1.87. The fraction of sp³-hybridized carbons (Fsp3) is 0.500. The van der Waals surface area contributed by atoms with E-state index in [-0.39, 0.29) is 25.7 Å². The van der Waals surface area contributed by atoms with E-state index in [0.29, 0.717) is 30.6 Å². The Hall–Kier alpha value is -0.927. The minimum atomic E-state index is -0.00639. The van der Waals surface area contributed by atoms with Gasteiger partial charge in [-0.3, -0.25) is 4.90 Å². The van der Waals surface area contributed by atoms with Crippen molar-refractivity contribution in [3.63, 3.8) is 0 Å². The summed E-state index contributed by atoms with van der Waals surface area (Å²) in [7, 11) is 0. The van der Waals surface area contributed by atoms with Crippen molar-refractivity contribution in [3.8, 4) is 0 Å². The van der Waals surface area contributed by atoms with Crippen LogP contribution >= 0.6 is 0 Å². The molecule has 7 heteroatoms. The Labute approximate surface area is 134 Å². The molecule has 117 valence electrons. The van der Waals surface area contributed by atoms with E-state index in [1.165, 1.54) is 0 Å². The van der Waals surface area contributed by atoms with Crippen LogP contribution in [0.1, 0.15) is 10.4 Å². The maximum Gasteiger partial charge on any atom is 0.0558 e. The Bertz CT molecular complexity index is 351. The number of aliphatic hydroxyl groups excluding tert-OH is 3. The number of hydrogen-bond acceptors (Lipinski definition) is 5. The van der Waals surface area contributed by atoms with Gasteiger partial charge in [0.2, 0.25) is 0 Å². The van der Waals surface area contributed by atoms with Crippen LogP contribution in [0.2, 0.25) is 0 Å². The average Bonchev–Trinajstić information content (AvgIpc) is 2.50. The summed E-state index contributed by atoms with van der Waals surface area (Å²) in [6.45, 7) is 1.75. The van der Waals surface area contributed by atoms with Gasteiger partial charge in [0.25, 0.3) is 0 Å². The molecule has 0 saturated heterocycles. The van der Waals surface area contributed by atoms with Crippen LogP contribution in [0.4, 0.5) is 0 Å². The van der Waals surface area contributed by atoms with Crippen molar-refractivity contribution in [2.75, 3.05) is 44.8 Å². The molecule has 0 heterocycles.